The molecule has 0 aliphatic rings. The molecule has 1 aromatic carbocycles. The number of para-hydroxylation sites is 2. The summed E-state index contributed by atoms with van der Waals surface area (Å²) in [7, 11) is 1.54. The summed E-state index contributed by atoms with van der Waals surface area (Å²) in [5, 5.41) is 11.5. The van der Waals surface area contributed by atoms with E-state index in [1.807, 2.05) is 12.1 Å². The number of methoxy groups -OCH3 is 1. The van der Waals surface area contributed by atoms with Crippen LogP contribution in [-0.4, -0.2) is 22.6 Å². The molecule has 0 spiro atoms. The van der Waals surface area contributed by atoms with Gasteiger partial charge in [-0.2, -0.15) is 5.26 Å². The molecule has 2 rings (SSSR count). The molecule has 0 saturated heterocycles. The summed E-state index contributed by atoms with van der Waals surface area (Å²) in [6.07, 6.45) is 3.06. The first-order valence-corrected chi connectivity index (χ1v) is 5.58. The summed E-state index contributed by atoms with van der Waals surface area (Å²) in [4.78, 5) is 15.7. The highest BCUT2D eigenvalue weighted by atomic mass is 16.5. The molecule has 0 bridgehead atoms. The van der Waals surface area contributed by atoms with Gasteiger partial charge in [-0.05, 0) is 12.1 Å². The zero-order valence-electron chi connectivity index (χ0n) is 10.3. The third-order valence-corrected chi connectivity index (χ3v) is 2.51. The monoisotopic (exact) mass is 256 g/mol. The van der Waals surface area contributed by atoms with Crippen LogP contribution in [0.25, 0.3) is 0 Å². The summed E-state index contributed by atoms with van der Waals surface area (Å²) >= 11 is 0. The second kappa shape index (κ2) is 5.69. The van der Waals surface area contributed by atoms with E-state index < -0.39 is 0 Å². The standard InChI is InChI=1S/C13H12N4O2/c1-19-11-5-3-2-4-10(11)16-13(18)9-17-7-6-15-12(17)8-14/h2-7H,9H2,1H3,(H,16,18). The molecule has 6 heteroatoms. The van der Waals surface area contributed by atoms with Crippen molar-refractivity contribution in [3.8, 4) is 11.8 Å². The Balaban J connectivity index is 2.08. The first-order chi connectivity index (χ1) is 9.24. The van der Waals surface area contributed by atoms with Crippen molar-refractivity contribution in [3.05, 3.63) is 42.5 Å². The van der Waals surface area contributed by atoms with E-state index in [0.717, 1.165) is 0 Å². The van der Waals surface area contributed by atoms with Gasteiger partial charge in [-0.1, -0.05) is 12.1 Å². The first kappa shape index (κ1) is 12.6. The van der Waals surface area contributed by atoms with Gasteiger partial charge >= 0.3 is 0 Å². The van der Waals surface area contributed by atoms with E-state index in [9.17, 15) is 4.79 Å². The van der Waals surface area contributed by atoms with Crippen molar-refractivity contribution in [2.45, 2.75) is 6.54 Å². The number of hydrogen-bond donors (Lipinski definition) is 1. The molecule has 0 aliphatic heterocycles. The van der Waals surface area contributed by atoms with Gasteiger partial charge in [0.05, 0.1) is 12.8 Å². The highest BCUT2D eigenvalue weighted by molar-refractivity contribution is 5.92. The van der Waals surface area contributed by atoms with Crippen LogP contribution >= 0.6 is 0 Å². The van der Waals surface area contributed by atoms with E-state index in [4.69, 9.17) is 10.00 Å². The van der Waals surface area contributed by atoms with Gasteiger partial charge in [0, 0.05) is 12.4 Å². The molecular formula is C13H12N4O2. The average Bonchev–Trinajstić information content (AvgIpc) is 2.86. The summed E-state index contributed by atoms with van der Waals surface area (Å²) in [6.45, 7) is 0.0287. The van der Waals surface area contributed by atoms with Gasteiger partial charge in [-0.15, -0.1) is 0 Å². The minimum atomic E-state index is -0.251. The van der Waals surface area contributed by atoms with Crippen molar-refractivity contribution >= 4 is 11.6 Å². The zero-order chi connectivity index (χ0) is 13.7. The largest absolute Gasteiger partial charge is 0.495 e. The maximum absolute atomic E-state index is 11.9. The number of hydrogen-bond acceptors (Lipinski definition) is 4. The van der Waals surface area contributed by atoms with E-state index in [1.54, 1.807) is 24.4 Å². The molecule has 1 amide bonds. The van der Waals surface area contributed by atoms with Crippen LogP contribution in [0.3, 0.4) is 0 Å². The second-order valence-electron chi connectivity index (χ2n) is 3.74. The molecule has 19 heavy (non-hydrogen) atoms. The van der Waals surface area contributed by atoms with Crippen molar-refractivity contribution in [3.63, 3.8) is 0 Å². The van der Waals surface area contributed by atoms with E-state index in [-0.39, 0.29) is 18.3 Å². The lowest BCUT2D eigenvalue weighted by Crippen LogP contribution is -2.19. The molecule has 0 radical (unpaired) electrons. The first-order valence-electron chi connectivity index (χ1n) is 5.58. The molecule has 1 aromatic heterocycles. The van der Waals surface area contributed by atoms with E-state index in [1.165, 1.54) is 17.9 Å². The number of anilines is 1. The Kier molecular flexibility index (Phi) is 3.78. The number of nitrogens with one attached hydrogen (secondary N) is 1. The summed E-state index contributed by atoms with van der Waals surface area (Å²) in [6, 6.07) is 9.04. The molecule has 1 heterocycles. The van der Waals surface area contributed by atoms with Crippen LogP contribution in [0.15, 0.2) is 36.7 Å². The molecule has 0 atom stereocenters. The molecule has 1 N–H and O–H groups in total. The van der Waals surface area contributed by atoms with Crippen LogP contribution in [-0.2, 0) is 11.3 Å². The Labute approximate surface area is 110 Å². The lowest BCUT2D eigenvalue weighted by molar-refractivity contribution is -0.116. The van der Waals surface area contributed by atoms with Crippen LogP contribution in [0, 0.1) is 11.3 Å². The van der Waals surface area contributed by atoms with Gasteiger partial charge in [-0.3, -0.25) is 4.79 Å². The van der Waals surface area contributed by atoms with Crippen molar-refractivity contribution in [1.82, 2.24) is 9.55 Å². The fraction of sp³-hybridized carbons (Fsp3) is 0.154. The molecule has 6 nitrogen and oxygen atoms in total. The Morgan fingerprint density at radius 1 is 1.53 bits per heavy atom. The number of rotatable bonds is 4. The Morgan fingerprint density at radius 2 is 2.32 bits per heavy atom. The second-order valence-corrected chi connectivity index (χ2v) is 3.74. The average molecular weight is 256 g/mol. The lowest BCUT2D eigenvalue weighted by atomic mass is 10.3. The maximum Gasteiger partial charge on any atom is 0.244 e. The van der Waals surface area contributed by atoms with Crippen molar-refractivity contribution < 1.29 is 9.53 Å². The van der Waals surface area contributed by atoms with E-state index in [2.05, 4.69) is 10.3 Å². The number of aromatic nitrogens is 2. The lowest BCUT2D eigenvalue weighted by Gasteiger charge is -2.10. The van der Waals surface area contributed by atoms with Gasteiger partial charge in [0.2, 0.25) is 11.7 Å². The quantitative estimate of drug-likeness (QED) is 0.896. The molecule has 0 fully saturated rings. The number of carbonyl (C=O) groups excluding carboxylic acids is 1. The minimum Gasteiger partial charge on any atom is -0.495 e. The zero-order valence-corrected chi connectivity index (χ0v) is 10.3. The highest BCUT2D eigenvalue weighted by Gasteiger charge is 2.09. The van der Waals surface area contributed by atoms with Crippen molar-refractivity contribution in [2.24, 2.45) is 0 Å². The third-order valence-electron chi connectivity index (χ3n) is 2.51. The number of nitriles is 1. The topological polar surface area (TPSA) is 79.9 Å². The molecule has 0 saturated carbocycles. The summed E-state index contributed by atoms with van der Waals surface area (Å²) < 4.78 is 6.62. The summed E-state index contributed by atoms with van der Waals surface area (Å²) in [5.41, 5.74) is 0.591. The van der Waals surface area contributed by atoms with Crippen LogP contribution in [0.4, 0.5) is 5.69 Å². The number of benzene rings is 1. The highest BCUT2D eigenvalue weighted by Crippen LogP contribution is 2.22. The van der Waals surface area contributed by atoms with Gasteiger partial charge in [-0.25, -0.2) is 4.98 Å². The van der Waals surface area contributed by atoms with Crippen LogP contribution in [0.2, 0.25) is 0 Å². The SMILES string of the molecule is COc1ccccc1NC(=O)Cn1ccnc1C#N. The molecule has 96 valence electrons. The minimum absolute atomic E-state index is 0.0287. The van der Waals surface area contributed by atoms with E-state index in [0.29, 0.717) is 11.4 Å². The van der Waals surface area contributed by atoms with Crippen molar-refractivity contribution in [2.75, 3.05) is 12.4 Å². The third kappa shape index (κ3) is 2.90. The van der Waals surface area contributed by atoms with Crippen LogP contribution < -0.4 is 10.1 Å². The summed E-state index contributed by atoms with van der Waals surface area (Å²) in [5.74, 6) is 0.538. The molecule has 0 unspecified atom stereocenters. The normalized spacial score (nSPS) is 9.68. The number of nitrogens with zero attached hydrogens (tertiary/aromatic N) is 3. The van der Waals surface area contributed by atoms with Crippen LogP contribution in [0.1, 0.15) is 5.82 Å². The van der Waals surface area contributed by atoms with E-state index >= 15 is 0 Å². The number of carbonyl (C=O) groups is 1. The Hall–Kier alpha value is -2.81. The smallest absolute Gasteiger partial charge is 0.244 e. The van der Waals surface area contributed by atoms with Crippen molar-refractivity contribution in [1.29, 1.82) is 5.26 Å². The fourth-order valence-electron chi connectivity index (χ4n) is 1.64. The molecule has 0 aliphatic carbocycles. The van der Waals surface area contributed by atoms with Gasteiger partial charge < -0.3 is 14.6 Å². The number of imidazole rings is 1. The maximum atomic E-state index is 11.9. The number of amides is 1. The van der Waals surface area contributed by atoms with Gasteiger partial charge in [0.1, 0.15) is 18.4 Å². The Bertz CT molecular complexity index is 628. The predicted molar refractivity (Wildman–Crippen MR) is 68.6 cm³/mol. The number of ether oxygens (including phenoxy) is 1. The van der Waals surface area contributed by atoms with Crippen LogP contribution in [0.5, 0.6) is 5.75 Å². The molecular weight excluding hydrogens is 244 g/mol. The van der Waals surface area contributed by atoms with Gasteiger partial charge in [0.25, 0.3) is 0 Å². The Morgan fingerprint density at radius 3 is 3.05 bits per heavy atom. The fourth-order valence-corrected chi connectivity index (χ4v) is 1.64. The predicted octanol–water partition coefficient (Wildman–Crippen LogP) is 1.40. The molecule has 2 aromatic rings. The van der Waals surface area contributed by atoms with Gasteiger partial charge in [0.15, 0.2) is 0 Å².